The number of benzene rings is 18. The highest BCUT2D eigenvalue weighted by molar-refractivity contribution is 6.27. The molecule has 0 unspecified atom stereocenters. The van der Waals surface area contributed by atoms with Gasteiger partial charge in [0.05, 0.1) is 80.4 Å². The topological polar surface area (TPSA) is 164 Å². The molecule has 9 aromatic heterocycles. The molecule has 0 aliphatic heterocycles. The zero-order valence-electron chi connectivity index (χ0n) is 84.8. The summed E-state index contributed by atoms with van der Waals surface area (Å²) < 4.78 is 24.8. The van der Waals surface area contributed by atoms with Crippen molar-refractivity contribution in [1.29, 1.82) is 0 Å². The summed E-state index contributed by atoms with van der Waals surface area (Å²) >= 11 is 0. The van der Waals surface area contributed by atoms with E-state index >= 15 is 0 Å². The molecular formula is C133H107N15O2. The largest absolute Gasteiger partial charge is 0.497 e. The third-order valence-corrected chi connectivity index (χ3v) is 29.3. The molecule has 0 atom stereocenters. The molecular weight excluding hydrogens is 1840 g/mol. The molecule has 0 aliphatic carbocycles. The van der Waals surface area contributed by atoms with Gasteiger partial charge in [0.2, 0.25) is 17.8 Å². The van der Waals surface area contributed by atoms with Crippen LogP contribution in [0, 0.1) is 0 Å². The predicted octanol–water partition coefficient (Wildman–Crippen LogP) is 33.1. The summed E-state index contributed by atoms with van der Waals surface area (Å²) in [5.41, 5.74) is 27.2. The molecule has 17 heteroatoms. The van der Waals surface area contributed by atoms with Crippen LogP contribution >= 0.6 is 0 Å². The van der Waals surface area contributed by atoms with Crippen molar-refractivity contribution in [3.8, 4) is 115 Å². The molecule has 0 aliphatic rings. The van der Waals surface area contributed by atoms with Gasteiger partial charge in [-0.05, 0) is 181 Å². The Bertz CT molecular complexity index is 9570. The minimum absolute atomic E-state index is 0.435. The molecule has 150 heavy (non-hydrogen) atoms. The summed E-state index contributed by atoms with van der Waals surface area (Å²) in [5, 5.41) is 14.0. The van der Waals surface area contributed by atoms with E-state index in [1.165, 1.54) is 74.9 Å². The normalized spacial score (nSPS) is 11.7. The molecule has 0 saturated carbocycles. The number of ether oxygens (including phenoxy) is 2. The fourth-order valence-electron chi connectivity index (χ4n) is 21.7. The highest BCUT2D eigenvalue weighted by Crippen LogP contribution is 2.48. The molecule has 0 fully saturated rings. The van der Waals surface area contributed by atoms with Gasteiger partial charge in [0, 0.05) is 115 Å². The van der Waals surface area contributed by atoms with Crippen LogP contribution in [0.4, 0.5) is 0 Å². The number of fused-ring (bicyclic) bond motifs is 21. The summed E-state index contributed by atoms with van der Waals surface area (Å²) in [6.45, 7) is 13.3. The minimum Gasteiger partial charge on any atom is -0.497 e. The lowest BCUT2D eigenvalue weighted by Crippen LogP contribution is -2.07. The van der Waals surface area contributed by atoms with E-state index in [1.54, 1.807) is 14.2 Å². The lowest BCUT2D eigenvalue weighted by molar-refractivity contribution is 0.415. The first-order valence-corrected chi connectivity index (χ1v) is 51.9. The van der Waals surface area contributed by atoms with E-state index in [0.29, 0.717) is 64.6 Å². The van der Waals surface area contributed by atoms with Crippen molar-refractivity contribution in [2.75, 3.05) is 14.2 Å². The number of hydrogen-bond donors (Lipinski definition) is 0. The van der Waals surface area contributed by atoms with Gasteiger partial charge in [-0.15, -0.1) is 0 Å². The molecule has 27 aromatic rings. The second kappa shape index (κ2) is 39.4. The fraction of sp³-hybridized carbons (Fsp3) is 0.120. The number of para-hydroxylation sites is 9. The molecule has 0 N–H and O–H groups in total. The molecule has 17 nitrogen and oxygen atoms in total. The summed E-state index contributed by atoms with van der Waals surface area (Å²) in [6, 6.07) is 147. The Morgan fingerprint density at radius 2 is 0.400 bits per heavy atom. The lowest BCUT2D eigenvalue weighted by Gasteiger charge is -2.14. The van der Waals surface area contributed by atoms with E-state index < -0.39 is 0 Å². The monoisotopic (exact) mass is 1950 g/mol. The summed E-state index contributed by atoms with van der Waals surface area (Å²) in [4.78, 5) is 46.8. The van der Waals surface area contributed by atoms with Crippen LogP contribution in [-0.4, -0.2) is 86.5 Å². The lowest BCUT2D eigenvalue weighted by atomic mass is 10.0. The van der Waals surface area contributed by atoms with Gasteiger partial charge >= 0.3 is 0 Å². The molecule has 27 rings (SSSR count). The maximum atomic E-state index is 5.44. The van der Waals surface area contributed by atoms with Crippen LogP contribution in [0.2, 0.25) is 0 Å². The van der Waals surface area contributed by atoms with Crippen LogP contribution in [0.5, 0.6) is 11.5 Å². The summed E-state index contributed by atoms with van der Waals surface area (Å²) in [6.07, 6.45) is 6.84. The highest BCUT2D eigenvalue weighted by Gasteiger charge is 2.30. The van der Waals surface area contributed by atoms with Crippen LogP contribution in [0.1, 0.15) is 101 Å². The van der Waals surface area contributed by atoms with E-state index in [-0.39, 0.29) is 0 Å². The number of hydrogen-bond acceptors (Lipinski definition) is 11. The van der Waals surface area contributed by atoms with Crippen molar-refractivity contribution < 1.29 is 9.47 Å². The maximum Gasteiger partial charge on any atom is 0.238 e. The minimum atomic E-state index is 0.435. The molecule has 0 radical (unpaired) electrons. The van der Waals surface area contributed by atoms with Crippen molar-refractivity contribution in [1.82, 2.24) is 72.3 Å². The van der Waals surface area contributed by atoms with Crippen molar-refractivity contribution in [3.63, 3.8) is 0 Å². The van der Waals surface area contributed by atoms with E-state index in [0.717, 1.165) is 179 Å². The number of unbranched alkanes of at least 4 members (excludes halogenated alkanes) is 2. The quantitative estimate of drug-likeness (QED) is 0.0634. The molecule has 0 saturated heterocycles. The van der Waals surface area contributed by atoms with Crippen LogP contribution in [0.3, 0.4) is 0 Å². The van der Waals surface area contributed by atoms with E-state index in [1.807, 2.05) is 48.5 Å². The number of methoxy groups -OCH3 is 2. The van der Waals surface area contributed by atoms with Crippen LogP contribution in [0.15, 0.2) is 419 Å². The molecule has 726 valence electrons. The molecule has 0 bridgehead atoms. The summed E-state index contributed by atoms with van der Waals surface area (Å²) in [7, 11) is 3.32. The van der Waals surface area contributed by atoms with Gasteiger partial charge in [-0.1, -0.05) is 352 Å². The van der Waals surface area contributed by atoms with E-state index in [4.69, 9.17) is 54.3 Å². The summed E-state index contributed by atoms with van der Waals surface area (Å²) in [5.74, 6) is 7.89. The Kier molecular flexibility index (Phi) is 24.3. The van der Waals surface area contributed by atoms with Gasteiger partial charge < -0.3 is 23.2 Å². The van der Waals surface area contributed by atoms with Crippen LogP contribution in [-0.2, 0) is 12.8 Å². The second-order valence-electron chi connectivity index (χ2n) is 39.2. The van der Waals surface area contributed by atoms with Crippen LogP contribution < -0.4 is 9.47 Å². The third-order valence-electron chi connectivity index (χ3n) is 29.3. The molecule has 0 spiro atoms. The van der Waals surface area contributed by atoms with Crippen molar-refractivity contribution in [2.45, 2.75) is 91.9 Å². The number of aryl methyl sites for hydroxylation is 2. The zero-order valence-corrected chi connectivity index (χ0v) is 84.8. The van der Waals surface area contributed by atoms with Gasteiger partial charge in [-0.25, -0.2) is 15.0 Å². The van der Waals surface area contributed by atoms with Gasteiger partial charge in [0.25, 0.3) is 0 Å². The Hall–Kier alpha value is -18.6. The second-order valence-corrected chi connectivity index (χ2v) is 39.2. The highest BCUT2D eigenvalue weighted by atomic mass is 16.5. The molecule has 0 amide bonds. The first-order valence-electron chi connectivity index (χ1n) is 51.9. The fourth-order valence-corrected chi connectivity index (χ4v) is 21.7. The van der Waals surface area contributed by atoms with Crippen molar-refractivity contribution in [2.24, 2.45) is 0 Å². The SMILES string of the molecule is CC(C)c1ccc(-c2nc(-c3ccc(C(C)C)cc3)nc(-n3c4ccccc4c4ccc5c6ccccc6n(-c6ccccc6)c5c43)n2)cc1.CCCCc1ccc(-c2nc(-c3ccc(CCCC)cc3)nc(-n3c4ccccc4c4ccc5c6ccccc6n(-c6ccccc6)c5c43)n2)cc1.COc1ccc(-c2nc(-c3ccc(OC)cc3)nc(-n3c4ccccc4c4ccc5c6ccccc6n(-c6ccccc6)c5c43)n2)cc1. The van der Waals surface area contributed by atoms with E-state index in [9.17, 15) is 0 Å². The Morgan fingerprint density at radius 1 is 0.200 bits per heavy atom. The van der Waals surface area contributed by atoms with Gasteiger partial charge in [-0.2, -0.15) is 29.9 Å². The predicted molar refractivity (Wildman–Crippen MR) is 617 cm³/mol. The average molecular weight is 1950 g/mol. The molecule has 9 heterocycles. The smallest absolute Gasteiger partial charge is 0.238 e. The third kappa shape index (κ3) is 16.6. The van der Waals surface area contributed by atoms with Crippen molar-refractivity contribution >= 4 is 131 Å². The van der Waals surface area contributed by atoms with Gasteiger partial charge in [0.15, 0.2) is 34.9 Å². The Labute approximate surface area is 868 Å². The van der Waals surface area contributed by atoms with Crippen LogP contribution in [0.25, 0.3) is 234 Å². The van der Waals surface area contributed by atoms with Crippen molar-refractivity contribution in [3.05, 3.63) is 441 Å². The first-order chi connectivity index (χ1) is 73.9. The van der Waals surface area contributed by atoms with Gasteiger partial charge in [-0.3, -0.25) is 13.7 Å². The van der Waals surface area contributed by atoms with E-state index in [2.05, 4.69) is 439 Å². The average Bonchev–Trinajstić information content (AvgIpc) is 1.55. The zero-order chi connectivity index (χ0) is 101. The standard InChI is InChI=1S/C47H41N5.C45H37N5.C41H29N5O2/c1-3-5-14-32-22-26-34(27-23-32)45-48-46(35-28-24-33(25-29-35)15-6-4-2)50-47(49-45)52-42-21-13-11-19-38(42)40-31-30-39-37-18-10-12-20-41(37)51(43(39)44(40)52)36-16-8-7-9-17-36;1-28(2)30-18-22-32(23-19-30)43-46-44(33-24-20-31(21-25-33)29(3)4)48-45(47-43)50-40-17-11-9-15-36(40)38-27-26-37-35-14-8-10-16-39(35)49(41(37)42(38)50)34-12-6-5-7-13-34;1-47-29-20-16-26(17-21-29)39-42-40(27-18-22-30(48-2)23-19-27)44-41(43-39)46-36-15-9-7-13-32(36)34-25-24-33-31-12-6-8-14-35(31)45(37(33)38(34)46)28-10-4-3-5-11-28/h7-13,16-31H,3-6,14-15H2,1-2H3;5-29H,1-4H3;3-25H,1-2H3. The molecule has 18 aromatic carbocycles. The Morgan fingerprint density at radius 3 is 0.620 bits per heavy atom. The number of nitrogens with zero attached hydrogens (tertiary/aromatic N) is 15. The van der Waals surface area contributed by atoms with Gasteiger partial charge in [0.1, 0.15) is 11.5 Å². The number of rotatable bonds is 22. The number of aromatic nitrogens is 15. The maximum absolute atomic E-state index is 5.44. The first kappa shape index (κ1) is 92.5. The Balaban J connectivity index is 0.000000117.